The van der Waals surface area contributed by atoms with E-state index in [0.717, 1.165) is 57.8 Å². The molecule has 1 saturated carbocycles. The van der Waals surface area contributed by atoms with Gasteiger partial charge < -0.3 is 19.7 Å². The van der Waals surface area contributed by atoms with E-state index in [2.05, 4.69) is 6.08 Å². The van der Waals surface area contributed by atoms with Gasteiger partial charge in [0.15, 0.2) is 11.9 Å². The topological polar surface area (TPSA) is 76.0 Å². The summed E-state index contributed by atoms with van der Waals surface area (Å²) in [5.74, 6) is -1.91. The number of carboxylic acids is 1. The molecule has 0 aromatic rings. The van der Waals surface area contributed by atoms with Crippen LogP contribution in [0, 0.1) is 11.8 Å². The number of carboxylic acid groups (broad SMARTS) is 1. The average molecular weight is 455 g/mol. The first-order chi connectivity index (χ1) is 15.5. The van der Waals surface area contributed by atoms with Crippen LogP contribution in [0.25, 0.3) is 0 Å². The van der Waals surface area contributed by atoms with Crippen molar-refractivity contribution in [2.75, 3.05) is 13.3 Å². The molecule has 184 valence electrons. The smallest absolute Gasteiger partial charge is 0.338 e. The molecule has 0 spiro atoms. The molecular weight excluding hydrogens is 411 g/mol. The van der Waals surface area contributed by atoms with Gasteiger partial charge in [-0.1, -0.05) is 56.9 Å². The van der Waals surface area contributed by atoms with Crippen LogP contribution in [0.1, 0.15) is 90.4 Å². The molecule has 0 amide bonds. The van der Waals surface area contributed by atoms with Crippen LogP contribution in [-0.4, -0.2) is 47.5 Å². The zero-order valence-electron chi connectivity index (χ0n) is 19.7. The van der Waals surface area contributed by atoms with Gasteiger partial charge in [0.2, 0.25) is 0 Å². The highest BCUT2D eigenvalue weighted by atomic mass is 19.1. The Labute approximate surface area is 193 Å². The van der Waals surface area contributed by atoms with Gasteiger partial charge in [0, 0.05) is 18.4 Å². The highest BCUT2D eigenvalue weighted by Gasteiger charge is 2.54. The summed E-state index contributed by atoms with van der Waals surface area (Å²) in [6.45, 7) is 2.36. The van der Waals surface area contributed by atoms with Gasteiger partial charge >= 0.3 is 5.97 Å². The first-order valence-corrected chi connectivity index (χ1v) is 12.7. The zero-order chi connectivity index (χ0) is 23.2. The number of allylic oxidation sites excluding steroid dienone is 2. The minimum absolute atomic E-state index is 0.267. The SMILES string of the molecule is CCC=CC(C=CCCCCCCF)[C@@H](OC1CCCCO1)[C@@](O)(C(=O)O)C1CCCC1. The van der Waals surface area contributed by atoms with E-state index < -0.39 is 24.0 Å². The average Bonchev–Trinajstić information content (AvgIpc) is 3.35. The van der Waals surface area contributed by atoms with Gasteiger partial charge in [0.1, 0.15) is 6.10 Å². The second-order valence-corrected chi connectivity index (χ2v) is 9.20. The molecule has 2 unspecified atom stereocenters. The molecule has 0 aromatic carbocycles. The normalized spacial score (nSPS) is 24.2. The molecule has 5 nitrogen and oxygen atoms in total. The molecule has 0 radical (unpaired) electrons. The Morgan fingerprint density at radius 2 is 1.78 bits per heavy atom. The van der Waals surface area contributed by atoms with Gasteiger partial charge in [0.05, 0.1) is 6.67 Å². The quantitative estimate of drug-likeness (QED) is 0.236. The Balaban J connectivity index is 2.24. The molecule has 2 fully saturated rings. The van der Waals surface area contributed by atoms with Crippen LogP contribution < -0.4 is 0 Å². The maximum atomic E-state index is 12.5. The third-order valence-electron chi connectivity index (χ3n) is 6.75. The molecule has 0 bridgehead atoms. The number of hydrogen-bond acceptors (Lipinski definition) is 4. The predicted octanol–water partition coefficient (Wildman–Crippen LogP) is 5.96. The van der Waals surface area contributed by atoms with E-state index in [1.807, 2.05) is 25.2 Å². The second kappa shape index (κ2) is 14.8. The minimum atomic E-state index is -1.97. The van der Waals surface area contributed by atoms with Gasteiger partial charge in [0.25, 0.3) is 0 Å². The van der Waals surface area contributed by atoms with Crippen molar-refractivity contribution < 1.29 is 28.9 Å². The fourth-order valence-electron chi connectivity index (χ4n) is 4.89. The maximum absolute atomic E-state index is 12.5. The van der Waals surface area contributed by atoms with Crippen LogP contribution >= 0.6 is 0 Å². The lowest BCUT2D eigenvalue weighted by atomic mass is 9.76. The van der Waals surface area contributed by atoms with Crippen LogP contribution in [0.4, 0.5) is 4.39 Å². The molecule has 0 aromatic heterocycles. The van der Waals surface area contributed by atoms with Crippen LogP contribution in [0.2, 0.25) is 0 Å². The van der Waals surface area contributed by atoms with Gasteiger partial charge in [-0.2, -0.15) is 0 Å². The van der Waals surface area contributed by atoms with Crippen molar-refractivity contribution >= 4 is 5.97 Å². The first kappa shape index (κ1) is 27.0. The molecule has 2 aliphatic rings. The number of unbranched alkanes of at least 4 members (excludes halogenated alkanes) is 4. The fourth-order valence-corrected chi connectivity index (χ4v) is 4.89. The number of aliphatic hydroxyl groups is 1. The van der Waals surface area contributed by atoms with Gasteiger partial charge in [-0.15, -0.1) is 0 Å². The summed E-state index contributed by atoms with van der Waals surface area (Å²) in [7, 11) is 0. The third kappa shape index (κ3) is 7.96. The predicted molar refractivity (Wildman–Crippen MR) is 124 cm³/mol. The van der Waals surface area contributed by atoms with Gasteiger partial charge in [-0.25, -0.2) is 4.79 Å². The lowest BCUT2D eigenvalue weighted by Gasteiger charge is -2.41. The Morgan fingerprint density at radius 3 is 2.41 bits per heavy atom. The number of aliphatic carboxylic acids is 1. The molecule has 2 N–H and O–H groups in total. The number of hydrogen-bond donors (Lipinski definition) is 2. The summed E-state index contributed by atoms with van der Waals surface area (Å²) in [5, 5.41) is 21.9. The van der Waals surface area contributed by atoms with Crippen molar-refractivity contribution in [2.24, 2.45) is 11.8 Å². The van der Waals surface area contributed by atoms with Crippen molar-refractivity contribution in [3.8, 4) is 0 Å². The summed E-state index contributed by atoms with van der Waals surface area (Å²) in [6, 6.07) is 0. The molecule has 1 saturated heterocycles. The lowest BCUT2D eigenvalue weighted by Crippen LogP contribution is -2.59. The summed E-state index contributed by atoms with van der Waals surface area (Å²) in [4.78, 5) is 12.5. The monoisotopic (exact) mass is 454 g/mol. The maximum Gasteiger partial charge on any atom is 0.338 e. The van der Waals surface area contributed by atoms with Crippen molar-refractivity contribution in [3.05, 3.63) is 24.3 Å². The molecule has 4 atom stereocenters. The zero-order valence-corrected chi connectivity index (χ0v) is 19.7. The van der Waals surface area contributed by atoms with Crippen molar-refractivity contribution in [2.45, 2.75) is 108 Å². The number of carbonyl (C=O) groups is 1. The first-order valence-electron chi connectivity index (χ1n) is 12.7. The molecular formula is C26H43FO5. The number of alkyl halides is 1. The van der Waals surface area contributed by atoms with E-state index in [-0.39, 0.29) is 18.5 Å². The highest BCUT2D eigenvalue weighted by molar-refractivity contribution is 5.79. The van der Waals surface area contributed by atoms with Gasteiger partial charge in [-0.3, -0.25) is 4.39 Å². The number of rotatable bonds is 15. The molecule has 1 heterocycles. The minimum Gasteiger partial charge on any atom is -0.479 e. The number of ether oxygens (including phenoxy) is 2. The molecule has 1 aliphatic carbocycles. The standard InChI is InChI=1S/C26H43FO5/c1-2-3-14-21(15-8-6-4-5-7-12-19-27)24(32-23-18-11-13-20-31-23)26(30,25(28)29)22-16-9-10-17-22/h3,8,14-15,21-24,30H,2,4-7,9-13,16-20H2,1H3,(H,28,29)/t21?,23?,24-,26-/m1/s1. The van der Waals surface area contributed by atoms with Crippen LogP contribution in [0.3, 0.4) is 0 Å². The van der Waals surface area contributed by atoms with Crippen molar-refractivity contribution in [3.63, 3.8) is 0 Å². The number of halogens is 1. The van der Waals surface area contributed by atoms with Crippen molar-refractivity contribution in [1.82, 2.24) is 0 Å². The van der Waals surface area contributed by atoms with E-state index >= 15 is 0 Å². The summed E-state index contributed by atoms with van der Waals surface area (Å²) in [6.07, 6.45) is 17.6. The Morgan fingerprint density at radius 1 is 1.09 bits per heavy atom. The lowest BCUT2D eigenvalue weighted by molar-refractivity contribution is -0.246. The van der Waals surface area contributed by atoms with Gasteiger partial charge in [-0.05, 0) is 57.8 Å². The van der Waals surface area contributed by atoms with Crippen LogP contribution in [0.5, 0.6) is 0 Å². The van der Waals surface area contributed by atoms with E-state index in [1.54, 1.807) is 0 Å². The third-order valence-corrected chi connectivity index (χ3v) is 6.75. The van der Waals surface area contributed by atoms with E-state index in [4.69, 9.17) is 9.47 Å². The largest absolute Gasteiger partial charge is 0.479 e. The van der Waals surface area contributed by atoms with E-state index in [1.165, 1.54) is 0 Å². The molecule has 2 rings (SSSR count). The highest BCUT2D eigenvalue weighted by Crippen LogP contribution is 2.41. The van der Waals surface area contributed by atoms with Crippen molar-refractivity contribution in [1.29, 1.82) is 0 Å². The molecule has 6 heteroatoms. The summed E-state index contributed by atoms with van der Waals surface area (Å²) < 4.78 is 24.3. The van der Waals surface area contributed by atoms with E-state index in [9.17, 15) is 19.4 Å². The van der Waals surface area contributed by atoms with E-state index in [0.29, 0.717) is 32.3 Å². The molecule has 32 heavy (non-hydrogen) atoms. The van der Waals surface area contributed by atoms with Crippen LogP contribution in [0.15, 0.2) is 24.3 Å². The van der Waals surface area contributed by atoms with Crippen LogP contribution in [-0.2, 0) is 14.3 Å². The summed E-state index contributed by atoms with van der Waals surface area (Å²) in [5.41, 5.74) is -1.97. The Hall–Kier alpha value is -1.24. The fraction of sp³-hybridized carbons (Fsp3) is 0.808. The second-order valence-electron chi connectivity index (χ2n) is 9.20. The molecule has 1 aliphatic heterocycles. The Bertz CT molecular complexity index is 581. The Kier molecular flexibility index (Phi) is 12.5. The summed E-state index contributed by atoms with van der Waals surface area (Å²) >= 11 is 0.